The average Bonchev–Trinajstić information content (AvgIpc) is 2.99. The summed E-state index contributed by atoms with van der Waals surface area (Å²) in [5.41, 5.74) is -0.0710. The van der Waals surface area contributed by atoms with Gasteiger partial charge in [-0.25, -0.2) is 4.79 Å². The van der Waals surface area contributed by atoms with Gasteiger partial charge in [-0.2, -0.15) is 4.98 Å². The molecule has 0 unspecified atom stereocenters. The van der Waals surface area contributed by atoms with Gasteiger partial charge in [-0.15, -0.1) is 0 Å². The van der Waals surface area contributed by atoms with E-state index in [1.165, 1.54) is 6.39 Å². The van der Waals surface area contributed by atoms with Crippen molar-refractivity contribution in [3.63, 3.8) is 0 Å². The van der Waals surface area contributed by atoms with Gasteiger partial charge >= 0.3 is 5.97 Å². The molecule has 0 aromatic carbocycles. The van der Waals surface area contributed by atoms with E-state index in [-0.39, 0.29) is 11.3 Å². The molecular formula is C10H9N3O5. The highest BCUT2D eigenvalue weighted by Gasteiger charge is 2.14. The molecule has 2 aromatic heterocycles. The van der Waals surface area contributed by atoms with E-state index in [0.717, 1.165) is 12.3 Å². The molecule has 0 fully saturated rings. The summed E-state index contributed by atoms with van der Waals surface area (Å²) >= 11 is 0. The van der Waals surface area contributed by atoms with Gasteiger partial charge in [0.05, 0.1) is 5.56 Å². The number of nitrogens with zero attached hydrogens (tertiary/aromatic N) is 2. The summed E-state index contributed by atoms with van der Waals surface area (Å²) in [6.45, 7) is 0.293. The average molecular weight is 251 g/mol. The van der Waals surface area contributed by atoms with E-state index in [0.29, 0.717) is 18.8 Å². The Kier molecular flexibility index (Phi) is 3.37. The summed E-state index contributed by atoms with van der Waals surface area (Å²) in [6, 6.07) is 1.16. The van der Waals surface area contributed by atoms with E-state index in [2.05, 4.69) is 20.0 Å². The highest BCUT2D eigenvalue weighted by molar-refractivity contribution is 5.95. The second-order valence-electron chi connectivity index (χ2n) is 3.36. The Morgan fingerprint density at radius 2 is 2.28 bits per heavy atom. The summed E-state index contributed by atoms with van der Waals surface area (Å²) in [5.74, 6) is -1.22. The van der Waals surface area contributed by atoms with E-state index < -0.39 is 11.9 Å². The molecule has 8 nitrogen and oxygen atoms in total. The van der Waals surface area contributed by atoms with Crippen LogP contribution >= 0.6 is 0 Å². The quantitative estimate of drug-likeness (QED) is 0.785. The molecule has 2 rings (SSSR count). The molecule has 2 N–H and O–H groups in total. The second kappa shape index (κ2) is 5.13. The van der Waals surface area contributed by atoms with Gasteiger partial charge in [-0.3, -0.25) is 4.79 Å². The molecule has 0 bridgehead atoms. The lowest BCUT2D eigenvalue weighted by Crippen LogP contribution is -2.25. The molecule has 8 heteroatoms. The number of carbonyl (C=O) groups excluding carboxylic acids is 1. The first-order chi connectivity index (χ1) is 8.66. The first-order valence-electron chi connectivity index (χ1n) is 5.02. The van der Waals surface area contributed by atoms with Crippen LogP contribution in [-0.4, -0.2) is 33.7 Å². The number of carbonyl (C=O) groups is 2. The number of aromatic nitrogens is 2. The van der Waals surface area contributed by atoms with E-state index in [4.69, 9.17) is 9.52 Å². The van der Waals surface area contributed by atoms with Crippen molar-refractivity contribution in [2.45, 2.75) is 6.42 Å². The van der Waals surface area contributed by atoms with E-state index >= 15 is 0 Å². The van der Waals surface area contributed by atoms with Crippen molar-refractivity contribution in [2.24, 2.45) is 0 Å². The molecule has 0 atom stereocenters. The third-order valence-electron chi connectivity index (χ3n) is 2.11. The highest BCUT2D eigenvalue weighted by atomic mass is 16.5. The molecule has 18 heavy (non-hydrogen) atoms. The van der Waals surface area contributed by atoms with Gasteiger partial charge in [0, 0.05) is 19.0 Å². The third kappa shape index (κ3) is 2.73. The van der Waals surface area contributed by atoms with Crippen LogP contribution in [0.4, 0.5) is 0 Å². The molecule has 2 aromatic rings. The van der Waals surface area contributed by atoms with Crippen LogP contribution in [-0.2, 0) is 6.42 Å². The lowest BCUT2D eigenvalue weighted by molar-refractivity contribution is 0.0696. The standard InChI is InChI=1S/C10H9N3O5/c14-9(7-3-6(4-17-7)10(15)16)11-2-1-8-12-5-18-13-8/h3-5H,1-2H2,(H,11,14)(H,15,16). The second-order valence-corrected chi connectivity index (χ2v) is 3.36. The number of furan rings is 1. The van der Waals surface area contributed by atoms with Crippen LogP contribution < -0.4 is 5.32 Å². The zero-order valence-corrected chi connectivity index (χ0v) is 9.12. The molecule has 0 saturated heterocycles. The minimum Gasteiger partial charge on any atom is -0.478 e. The van der Waals surface area contributed by atoms with Crippen LogP contribution in [0.3, 0.4) is 0 Å². The Morgan fingerprint density at radius 1 is 1.44 bits per heavy atom. The molecule has 94 valence electrons. The predicted molar refractivity (Wildman–Crippen MR) is 56.0 cm³/mol. The van der Waals surface area contributed by atoms with Crippen molar-refractivity contribution in [1.29, 1.82) is 0 Å². The molecule has 2 heterocycles. The Balaban J connectivity index is 1.85. The number of rotatable bonds is 5. The number of amides is 1. The fourth-order valence-electron chi connectivity index (χ4n) is 1.24. The van der Waals surface area contributed by atoms with Crippen molar-refractivity contribution < 1.29 is 23.6 Å². The topological polar surface area (TPSA) is 118 Å². The van der Waals surface area contributed by atoms with Crippen molar-refractivity contribution in [3.8, 4) is 0 Å². The number of aromatic carboxylic acids is 1. The zero-order chi connectivity index (χ0) is 13.0. The Bertz CT molecular complexity index is 546. The molecule has 1 amide bonds. The predicted octanol–water partition coefficient (Wildman–Crippen LogP) is 0.333. The Morgan fingerprint density at radius 3 is 2.89 bits per heavy atom. The maximum Gasteiger partial charge on any atom is 0.338 e. The fraction of sp³-hybridized carbons (Fsp3) is 0.200. The lowest BCUT2D eigenvalue weighted by atomic mass is 10.3. The monoisotopic (exact) mass is 251 g/mol. The SMILES string of the molecule is O=C(O)c1coc(C(=O)NCCc2ncon2)c1. The Labute approximate surface area is 101 Å². The fourth-order valence-corrected chi connectivity index (χ4v) is 1.24. The van der Waals surface area contributed by atoms with Crippen LogP contribution in [0.15, 0.2) is 27.7 Å². The van der Waals surface area contributed by atoms with Crippen molar-refractivity contribution in [2.75, 3.05) is 6.54 Å². The number of hydrogen-bond donors (Lipinski definition) is 2. The first kappa shape index (κ1) is 11.8. The molecule has 0 spiro atoms. The number of carboxylic acid groups (broad SMARTS) is 1. The molecule has 0 aliphatic carbocycles. The van der Waals surface area contributed by atoms with Gasteiger partial charge in [-0.1, -0.05) is 5.16 Å². The summed E-state index contributed by atoms with van der Waals surface area (Å²) in [5, 5.41) is 14.8. The number of carboxylic acids is 1. The van der Waals surface area contributed by atoms with Crippen LogP contribution in [0.25, 0.3) is 0 Å². The molecule has 0 aliphatic heterocycles. The minimum absolute atomic E-state index is 0.0551. The normalized spacial score (nSPS) is 10.2. The van der Waals surface area contributed by atoms with Crippen molar-refractivity contribution in [1.82, 2.24) is 15.5 Å². The maximum atomic E-state index is 11.5. The summed E-state index contributed by atoms with van der Waals surface area (Å²) in [4.78, 5) is 25.9. The molecular weight excluding hydrogens is 242 g/mol. The third-order valence-corrected chi connectivity index (χ3v) is 2.11. The van der Waals surface area contributed by atoms with Gasteiger partial charge in [0.2, 0.25) is 6.39 Å². The van der Waals surface area contributed by atoms with E-state index in [1.54, 1.807) is 0 Å². The minimum atomic E-state index is -1.15. The van der Waals surface area contributed by atoms with Crippen molar-refractivity contribution >= 4 is 11.9 Å². The summed E-state index contributed by atoms with van der Waals surface area (Å²) in [6.07, 6.45) is 2.62. The number of hydrogen-bond acceptors (Lipinski definition) is 6. The largest absolute Gasteiger partial charge is 0.478 e. The smallest absolute Gasteiger partial charge is 0.338 e. The zero-order valence-electron chi connectivity index (χ0n) is 9.12. The van der Waals surface area contributed by atoms with Gasteiger partial charge < -0.3 is 19.4 Å². The Hall–Kier alpha value is -2.64. The highest BCUT2D eigenvalue weighted by Crippen LogP contribution is 2.07. The van der Waals surface area contributed by atoms with Crippen molar-refractivity contribution in [3.05, 3.63) is 35.9 Å². The molecule has 0 saturated carbocycles. The summed E-state index contributed by atoms with van der Waals surface area (Å²) < 4.78 is 9.36. The van der Waals surface area contributed by atoms with Crippen LogP contribution in [0.1, 0.15) is 26.7 Å². The van der Waals surface area contributed by atoms with Gasteiger partial charge in [0.1, 0.15) is 6.26 Å². The molecule has 0 radical (unpaired) electrons. The lowest BCUT2D eigenvalue weighted by Gasteiger charge is -1.99. The van der Waals surface area contributed by atoms with Gasteiger partial charge in [0.25, 0.3) is 5.91 Å². The van der Waals surface area contributed by atoms with Crippen LogP contribution in [0.5, 0.6) is 0 Å². The van der Waals surface area contributed by atoms with Crippen LogP contribution in [0, 0.1) is 0 Å². The van der Waals surface area contributed by atoms with Gasteiger partial charge in [-0.05, 0) is 0 Å². The van der Waals surface area contributed by atoms with E-state index in [1.807, 2.05) is 0 Å². The maximum absolute atomic E-state index is 11.5. The van der Waals surface area contributed by atoms with Gasteiger partial charge in [0.15, 0.2) is 11.6 Å². The first-order valence-corrected chi connectivity index (χ1v) is 5.02. The molecule has 0 aliphatic rings. The van der Waals surface area contributed by atoms with E-state index in [9.17, 15) is 9.59 Å². The van der Waals surface area contributed by atoms with Crippen LogP contribution in [0.2, 0.25) is 0 Å². The summed E-state index contributed by atoms with van der Waals surface area (Å²) in [7, 11) is 0. The number of nitrogens with one attached hydrogen (secondary N) is 1.